The molecule has 3 aromatic rings. The van der Waals surface area contributed by atoms with Crippen molar-refractivity contribution < 1.29 is 17.6 Å². The van der Waals surface area contributed by atoms with Crippen LogP contribution in [0.3, 0.4) is 0 Å². The van der Waals surface area contributed by atoms with E-state index >= 15 is 0 Å². The maximum absolute atomic E-state index is 13.7. The second-order valence-electron chi connectivity index (χ2n) is 6.67. The van der Waals surface area contributed by atoms with Gasteiger partial charge in [0, 0.05) is 10.6 Å². The molecule has 0 aromatic heterocycles. The number of carbonyl (C=O) groups is 1. The van der Waals surface area contributed by atoms with Crippen molar-refractivity contribution in [3.8, 4) is 0 Å². The van der Waals surface area contributed by atoms with Crippen LogP contribution in [-0.4, -0.2) is 19.6 Å². The van der Waals surface area contributed by atoms with Crippen molar-refractivity contribution in [1.82, 2.24) is 0 Å². The van der Waals surface area contributed by atoms with Gasteiger partial charge in [-0.2, -0.15) is 0 Å². The van der Waals surface area contributed by atoms with Crippen LogP contribution in [0.5, 0.6) is 0 Å². The average molecular weight is 445 g/mol. The summed E-state index contributed by atoms with van der Waals surface area (Å²) in [5.74, 6) is -0.856. The van der Waals surface area contributed by atoms with Crippen LogP contribution in [0.1, 0.15) is 12.5 Å². The monoisotopic (exact) mass is 444 g/mol. The van der Waals surface area contributed by atoms with Gasteiger partial charge in [-0.3, -0.25) is 9.52 Å². The van der Waals surface area contributed by atoms with Gasteiger partial charge in [0.05, 0.1) is 15.8 Å². The molecule has 1 atom stereocenters. The van der Waals surface area contributed by atoms with Gasteiger partial charge in [-0.05, 0) is 62.4 Å². The predicted octanol–water partition coefficient (Wildman–Crippen LogP) is 5.05. The van der Waals surface area contributed by atoms with Crippen molar-refractivity contribution in [1.29, 1.82) is 0 Å². The van der Waals surface area contributed by atoms with Crippen LogP contribution < -0.4 is 10.0 Å². The van der Waals surface area contributed by atoms with Crippen LogP contribution in [0, 0.1) is 12.7 Å². The van der Waals surface area contributed by atoms with Crippen LogP contribution >= 0.6 is 11.8 Å². The van der Waals surface area contributed by atoms with Crippen LogP contribution in [0.25, 0.3) is 0 Å². The molecule has 0 spiro atoms. The van der Waals surface area contributed by atoms with E-state index < -0.39 is 15.8 Å². The van der Waals surface area contributed by atoms with Crippen molar-refractivity contribution in [3.05, 3.63) is 84.2 Å². The Bertz CT molecular complexity index is 1130. The summed E-state index contributed by atoms with van der Waals surface area (Å²) in [6.07, 6.45) is 0. The minimum absolute atomic E-state index is 0.0363. The van der Waals surface area contributed by atoms with Gasteiger partial charge in [0.2, 0.25) is 5.91 Å². The Morgan fingerprint density at radius 3 is 2.23 bits per heavy atom. The zero-order valence-corrected chi connectivity index (χ0v) is 18.1. The van der Waals surface area contributed by atoms with E-state index in [1.165, 1.54) is 60.3 Å². The number of nitrogens with one attached hydrogen (secondary N) is 2. The van der Waals surface area contributed by atoms with Gasteiger partial charge < -0.3 is 5.32 Å². The van der Waals surface area contributed by atoms with Crippen molar-refractivity contribution in [2.45, 2.75) is 28.9 Å². The number of aryl methyl sites for hydroxylation is 1. The van der Waals surface area contributed by atoms with Crippen molar-refractivity contribution >= 4 is 39.1 Å². The first-order chi connectivity index (χ1) is 14.2. The molecule has 0 saturated heterocycles. The number of benzene rings is 3. The Balaban J connectivity index is 1.64. The molecule has 0 unspecified atom stereocenters. The lowest BCUT2D eigenvalue weighted by Gasteiger charge is -2.13. The lowest BCUT2D eigenvalue weighted by Crippen LogP contribution is -2.22. The number of thioether (sulfide) groups is 1. The molecule has 0 heterocycles. The van der Waals surface area contributed by atoms with E-state index in [1.54, 1.807) is 6.92 Å². The zero-order valence-electron chi connectivity index (χ0n) is 16.4. The number of sulfonamides is 1. The molecule has 0 bridgehead atoms. The maximum atomic E-state index is 13.7. The Hall–Kier alpha value is -2.84. The second-order valence-corrected chi connectivity index (χ2v) is 9.77. The van der Waals surface area contributed by atoms with Gasteiger partial charge in [0.15, 0.2) is 0 Å². The van der Waals surface area contributed by atoms with Crippen LogP contribution in [0.2, 0.25) is 0 Å². The van der Waals surface area contributed by atoms with Gasteiger partial charge in [0.25, 0.3) is 10.0 Å². The van der Waals surface area contributed by atoms with Gasteiger partial charge in [0.1, 0.15) is 5.82 Å². The summed E-state index contributed by atoms with van der Waals surface area (Å²) >= 11 is 1.44. The fraction of sp³-hybridized carbons (Fsp3) is 0.136. The Kier molecular flexibility index (Phi) is 6.79. The minimum atomic E-state index is -3.95. The molecule has 5 nitrogen and oxygen atoms in total. The highest BCUT2D eigenvalue weighted by Crippen LogP contribution is 2.25. The number of anilines is 2. The molecule has 156 valence electrons. The van der Waals surface area contributed by atoms with Crippen LogP contribution in [0.4, 0.5) is 15.8 Å². The Labute approximate surface area is 179 Å². The fourth-order valence-corrected chi connectivity index (χ4v) is 4.52. The molecule has 1 amide bonds. The van der Waals surface area contributed by atoms with Crippen molar-refractivity contribution in [2.75, 3.05) is 10.0 Å². The van der Waals surface area contributed by atoms with E-state index in [0.29, 0.717) is 5.69 Å². The van der Waals surface area contributed by atoms with Crippen molar-refractivity contribution in [3.63, 3.8) is 0 Å². The van der Waals surface area contributed by atoms with Gasteiger partial charge in [-0.1, -0.05) is 29.8 Å². The Morgan fingerprint density at radius 2 is 1.60 bits per heavy atom. The number of carbonyl (C=O) groups excluding carboxylic acids is 1. The van der Waals surface area contributed by atoms with E-state index in [-0.39, 0.29) is 21.7 Å². The minimum Gasteiger partial charge on any atom is -0.325 e. The summed E-state index contributed by atoms with van der Waals surface area (Å²) in [6, 6.07) is 19.1. The van der Waals surface area contributed by atoms with Crippen LogP contribution in [0.15, 0.2) is 82.6 Å². The topological polar surface area (TPSA) is 75.3 Å². The highest BCUT2D eigenvalue weighted by atomic mass is 32.2. The van der Waals surface area contributed by atoms with E-state index in [1.807, 2.05) is 31.2 Å². The number of para-hydroxylation sites is 1. The SMILES string of the molecule is Cc1ccc(S[C@H](C)C(=O)Nc2ccc(S(=O)(=O)Nc3ccccc3F)cc2)cc1. The highest BCUT2D eigenvalue weighted by molar-refractivity contribution is 8.00. The average Bonchev–Trinajstić information content (AvgIpc) is 2.71. The lowest BCUT2D eigenvalue weighted by atomic mass is 10.2. The number of hydrogen-bond donors (Lipinski definition) is 2. The highest BCUT2D eigenvalue weighted by Gasteiger charge is 2.18. The maximum Gasteiger partial charge on any atom is 0.261 e. The molecule has 0 aliphatic rings. The summed E-state index contributed by atoms with van der Waals surface area (Å²) in [6.45, 7) is 3.80. The van der Waals surface area contributed by atoms with Gasteiger partial charge in [-0.25, -0.2) is 12.8 Å². The zero-order chi connectivity index (χ0) is 21.7. The Morgan fingerprint density at radius 1 is 0.967 bits per heavy atom. The molecule has 8 heteroatoms. The smallest absolute Gasteiger partial charge is 0.261 e. The third kappa shape index (κ3) is 5.61. The van der Waals surface area contributed by atoms with E-state index in [0.717, 1.165) is 10.5 Å². The third-order valence-electron chi connectivity index (χ3n) is 4.25. The molecule has 3 aromatic carbocycles. The largest absolute Gasteiger partial charge is 0.325 e. The molecule has 2 N–H and O–H groups in total. The first-order valence-electron chi connectivity index (χ1n) is 9.16. The molecule has 3 rings (SSSR count). The van der Waals surface area contributed by atoms with Crippen LogP contribution in [-0.2, 0) is 14.8 Å². The predicted molar refractivity (Wildman–Crippen MR) is 119 cm³/mol. The standard InChI is InChI=1S/C22H21FN2O3S2/c1-15-7-11-18(12-8-15)29-16(2)22(26)24-17-9-13-19(14-10-17)30(27,28)25-21-6-4-3-5-20(21)23/h3-14,16,25H,1-2H3,(H,24,26)/t16-/m1/s1. The summed E-state index contributed by atoms with van der Waals surface area (Å²) in [5.41, 5.74) is 1.49. The van der Waals surface area contributed by atoms with E-state index in [2.05, 4.69) is 10.0 Å². The van der Waals surface area contributed by atoms with E-state index in [9.17, 15) is 17.6 Å². The molecule has 0 fully saturated rings. The number of amides is 1. The quantitative estimate of drug-likeness (QED) is 0.500. The second kappa shape index (κ2) is 9.32. The van der Waals surface area contributed by atoms with Gasteiger partial charge >= 0.3 is 0 Å². The normalized spacial score (nSPS) is 12.2. The molecular formula is C22H21FN2O3S2. The lowest BCUT2D eigenvalue weighted by molar-refractivity contribution is -0.115. The van der Waals surface area contributed by atoms with Gasteiger partial charge in [-0.15, -0.1) is 11.8 Å². The third-order valence-corrected chi connectivity index (χ3v) is 6.75. The summed E-state index contributed by atoms with van der Waals surface area (Å²) in [7, 11) is -3.95. The molecular weight excluding hydrogens is 423 g/mol. The number of hydrogen-bond acceptors (Lipinski definition) is 4. The molecule has 0 saturated carbocycles. The first kappa shape index (κ1) is 21.9. The van der Waals surface area contributed by atoms with Crippen molar-refractivity contribution in [2.24, 2.45) is 0 Å². The summed E-state index contributed by atoms with van der Waals surface area (Å²) < 4.78 is 40.8. The summed E-state index contributed by atoms with van der Waals surface area (Å²) in [5, 5.41) is 2.44. The molecule has 0 radical (unpaired) electrons. The molecule has 0 aliphatic carbocycles. The first-order valence-corrected chi connectivity index (χ1v) is 11.5. The fourth-order valence-electron chi connectivity index (χ4n) is 2.58. The number of rotatable bonds is 7. The number of halogens is 1. The molecule has 0 aliphatic heterocycles. The molecule has 30 heavy (non-hydrogen) atoms. The van der Waals surface area contributed by atoms with E-state index in [4.69, 9.17) is 0 Å². The summed E-state index contributed by atoms with van der Waals surface area (Å²) in [4.78, 5) is 13.4.